The van der Waals surface area contributed by atoms with E-state index in [1.54, 1.807) is 0 Å². The molecule has 1 aromatic heterocycles. The molecule has 6 heteroatoms. The van der Waals surface area contributed by atoms with Gasteiger partial charge < -0.3 is 5.32 Å². The van der Waals surface area contributed by atoms with E-state index in [1.165, 1.54) is 6.42 Å². The van der Waals surface area contributed by atoms with Crippen molar-refractivity contribution >= 4 is 5.91 Å². The zero-order valence-corrected chi connectivity index (χ0v) is 11.0. The van der Waals surface area contributed by atoms with Crippen molar-refractivity contribution in [2.24, 2.45) is 5.92 Å². The minimum Gasteiger partial charge on any atom is -0.352 e. The molecule has 0 unspecified atom stereocenters. The Morgan fingerprint density at radius 2 is 2.21 bits per heavy atom. The lowest BCUT2D eigenvalue weighted by Gasteiger charge is -2.27. The highest BCUT2D eigenvalue weighted by Gasteiger charge is 2.20. The number of carbonyl (C=O) groups is 1. The van der Waals surface area contributed by atoms with Crippen LogP contribution in [-0.2, 0) is 11.3 Å². The van der Waals surface area contributed by atoms with E-state index in [1.807, 2.05) is 0 Å². The number of nitrogens with one attached hydrogen (secondary N) is 2. The zero-order valence-electron chi connectivity index (χ0n) is 11.0. The number of nitrogens with zero attached hydrogens (tertiary/aromatic N) is 1. The number of hydrogen-bond donors (Lipinski definition) is 2. The normalized spacial score (nSPS) is 23.0. The maximum atomic E-state index is 11.9. The average Bonchev–Trinajstić information content (AvgIpc) is 2.34. The quantitative estimate of drug-likeness (QED) is 0.820. The van der Waals surface area contributed by atoms with Crippen molar-refractivity contribution in [3.05, 3.63) is 32.8 Å². The van der Waals surface area contributed by atoms with E-state index in [2.05, 4.69) is 17.3 Å². The van der Waals surface area contributed by atoms with Crippen LogP contribution in [0, 0.1) is 5.92 Å². The lowest BCUT2D eigenvalue weighted by Crippen LogP contribution is -2.42. The highest BCUT2D eigenvalue weighted by Crippen LogP contribution is 2.23. The number of aromatic nitrogens is 2. The first-order valence-electron chi connectivity index (χ1n) is 6.64. The SMILES string of the molecule is C[C@@H]1CCC[C@H](NC(=O)Cn2[nH]c(=O)ccc2=O)C1. The first-order chi connectivity index (χ1) is 9.04. The Morgan fingerprint density at radius 3 is 2.95 bits per heavy atom. The second-order valence-corrected chi connectivity index (χ2v) is 5.27. The van der Waals surface area contributed by atoms with E-state index in [0.717, 1.165) is 36.1 Å². The first kappa shape index (κ1) is 13.6. The van der Waals surface area contributed by atoms with Crippen LogP contribution in [0.1, 0.15) is 32.6 Å². The molecule has 1 saturated carbocycles. The lowest BCUT2D eigenvalue weighted by atomic mass is 9.87. The van der Waals surface area contributed by atoms with Gasteiger partial charge in [-0.05, 0) is 18.8 Å². The predicted octanol–water partition coefficient (Wildman–Crippen LogP) is 0.231. The molecular formula is C13H19N3O3. The van der Waals surface area contributed by atoms with Crippen molar-refractivity contribution in [1.29, 1.82) is 0 Å². The third-order valence-electron chi connectivity index (χ3n) is 3.49. The summed E-state index contributed by atoms with van der Waals surface area (Å²) in [6, 6.07) is 2.50. The van der Waals surface area contributed by atoms with Gasteiger partial charge in [-0.3, -0.25) is 19.5 Å². The first-order valence-corrected chi connectivity index (χ1v) is 6.64. The molecule has 0 bridgehead atoms. The van der Waals surface area contributed by atoms with E-state index in [9.17, 15) is 14.4 Å². The molecule has 19 heavy (non-hydrogen) atoms. The van der Waals surface area contributed by atoms with Crippen molar-refractivity contribution < 1.29 is 4.79 Å². The third kappa shape index (κ3) is 3.81. The highest BCUT2D eigenvalue weighted by atomic mass is 16.2. The molecule has 1 heterocycles. The molecular weight excluding hydrogens is 246 g/mol. The van der Waals surface area contributed by atoms with Gasteiger partial charge in [-0.25, -0.2) is 4.68 Å². The summed E-state index contributed by atoms with van der Waals surface area (Å²) in [5.74, 6) is 0.390. The average molecular weight is 265 g/mol. The van der Waals surface area contributed by atoms with Gasteiger partial charge in [-0.1, -0.05) is 19.8 Å². The summed E-state index contributed by atoms with van der Waals surface area (Å²) in [6.45, 7) is 2.04. The third-order valence-corrected chi connectivity index (χ3v) is 3.49. The van der Waals surface area contributed by atoms with E-state index in [-0.39, 0.29) is 24.1 Å². The molecule has 1 aromatic rings. The van der Waals surface area contributed by atoms with Gasteiger partial charge in [0.1, 0.15) is 6.54 Å². The van der Waals surface area contributed by atoms with Crippen LogP contribution in [0.15, 0.2) is 21.7 Å². The van der Waals surface area contributed by atoms with Gasteiger partial charge in [0.05, 0.1) is 0 Å². The van der Waals surface area contributed by atoms with Gasteiger partial charge in [-0.15, -0.1) is 0 Å². The second-order valence-electron chi connectivity index (χ2n) is 5.27. The number of rotatable bonds is 3. The summed E-state index contributed by atoms with van der Waals surface area (Å²) in [5.41, 5.74) is -0.773. The van der Waals surface area contributed by atoms with Crippen LogP contribution in [0.3, 0.4) is 0 Å². The van der Waals surface area contributed by atoms with E-state index >= 15 is 0 Å². The van der Waals surface area contributed by atoms with Crippen molar-refractivity contribution in [2.75, 3.05) is 0 Å². The van der Waals surface area contributed by atoms with Crippen LogP contribution in [0.2, 0.25) is 0 Å². The molecule has 1 aliphatic carbocycles. The molecule has 2 N–H and O–H groups in total. The smallest absolute Gasteiger partial charge is 0.265 e. The Bertz CT molecular complexity index is 561. The molecule has 0 aromatic carbocycles. The van der Waals surface area contributed by atoms with E-state index < -0.39 is 5.56 Å². The molecule has 104 valence electrons. The van der Waals surface area contributed by atoms with Crippen molar-refractivity contribution in [3.8, 4) is 0 Å². The minimum absolute atomic E-state index is 0.139. The second kappa shape index (κ2) is 5.86. The van der Waals surface area contributed by atoms with Gasteiger partial charge in [0.15, 0.2) is 0 Å². The Labute approximate surface area is 110 Å². The summed E-state index contributed by atoms with van der Waals surface area (Å²) < 4.78 is 1.03. The fourth-order valence-electron chi connectivity index (χ4n) is 2.56. The maximum absolute atomic E-state index is 11.9. The largest absolute Gasteiger partial charge is 0.352 e. The predicted molar refractivity (Wildman–Crippen MR) is 70.9 cm³/mol. The Morgan fingerprint density at radius 1 is 1.42 bits per heavy atom. The van der Waals surface area contributed by atoms with E-state index in [0.29, 0.717) is 5.92 Å². The summed E-state index contributed by atoms with van der Waals surface area (Å²) >= 11 is 0. The van der Waals surface area contributed by atoms with Crippen LogP contribution in [0.5, 0.6) is 0 Å². The van der Waals surface area contributed by atoms with Gasteiger partial charge in [0.2, 0.25) is 5.91 Å². The molecule has 0 spiro atoms. The number of aromatic amines is 1. The molecule has 0 saturated heterocycles. The minimum atomic E-state index is -0.390. The lowest BCUT2D eigenvalue weighted by molar-refractivity contribution is -0.122. The Hall–Kier alpha value is -1.85. The zero-order chi connectivity index (χ0) is 13.8. The molecule has 2 rings (SSSR count). The van der Waals surface area contributed by atoms with Crippen LogP contribution in [0.25, 0.3) is 0 Å². The van der Waals surface area contributed by atoms with Crippen molar-refractivity contribution in [3.63, 3.8) is 0 Å². The molecule has 1 fully saturated rings. The Kier molecular flexibility index (Phi) is 4.19. The molecule has 2 atom stereocenters. The molecule has 1 amide bonds. The van der Waals surface area contributed by atoms with Crippen LogP contribution < -0.4 is 16.4 Å². The molecule has 0 radical (unpaired) electrons. The summed E-state index contributed by atoms with van der Waals surface area (Å²) in [5, 5.41) is 5.26. The monoisotopic (exact) mass is 265 g/mol. The summed E-state index contributed by atoms with van der Waals surface area (Å²) in [7, 11) is 0. The van der Waals surface area contributed by atoms with Crippen molar-refractivity contribution in [2.45, 2.75) is 45.2 Å². The van der Waals surface area contributed by atoms with Crippen LogP contribution in [-0.4, -0.2) is 21.7 Å². The molecule has 6 nitrogen and oxygen atoms in total. The van der Waals surface area contributed by atoms with Crippen LogP contribution >= 0.6 is 0 Å². The van der Waals surface area contributed by atoms with Crippen LogP contribution in [0.4, 0.5) is 0 Å². The number of amides is 1. The fraction of sp³-hybridized carbons (Fsp3) is 0.615. The molecule has 0 aliphatic heterocycles. The summed E-state index contributed by atoms with van der Waals surface area (Å²) in [6.07, 6.45) is 4.29. The maximum Gasteiger partial charge on any atom is 0.265 e. The Balaban J connectivity index is 1.95. The van der Waals surface area contributed by atoms with Gasteiger partial charge >= 0.3 is 0 Å². The summed E-state index contributed by atoms with van der Waals surface area (Å²) in [4.78, 5) is 34.4. The standard InChI is InChI=1S/C13H19N3O3/c1-9-3-2-4-10(7-9)14-12(18)8-16-13(19)6-5-11(17)15-16/h5-6,9-10H,2-4,7-8H2,1H3,(H,14,18)(H,15,17)/t9-,10+/m1/s1. The highest BCUT2D eigenvalue weighted by molar-refractivity contribution is 5.75. The van der Waals surface area contributed by atoms with Gasteiger partial charge in [0, 0.05) is 18.2 Å². The number of H-pyrrole nitrogens is 1. The topological polar surface area (TPSA) is 84.0 Å². The van der Waals surface area contributed by atoms with E-state index in [4.69, 9.17) is 0 Å². The van der Waals surface area contributed by atoms with Gasteiger partial charge in [0.25, 0.3) is 11.1 Å². The number of hydrogen-bond acceptors (Lipinski definition) is 3. The fourth-order valence-corrected chi connectivity index (χ4v) is 2.56. The molecule has 1 aliphatic rings. The number of carbonyl (C=O) groups excluding carboxylic acids is 1. The van der Waals surface area contributed by atoms with Gasteiger partial charge in [-0.2, -0.15) is 0 Å². The van der Waals surface area contributed by atoms with Crippen molar-refractivity contribution in [1.82, 2.24) is 15.1 Å².